The Kier molecular flexibility index (Phi) is 9.03. The number of hydrogen-bond donors (Lipinski definition) is 0. The zero-order valence-corrected chi connectivity index (χ0v) is 24.5. The quantitative estimate of drug-likeness (QED) is 0.142. The lowest BCUT2D eigenvalue weighted by Crippen LogP contribution is -2.36. The summed E-state index contributed by atoms with van der Waals surface area (Å²) >= 11 is 1.51. The third-order valence-corrected chi connectivity index (χ3v) is 7.24. The summed E-state index contributed by atoms with van der Waals surface area (Å²) in [6.07, 6.45) is 2.36. The zero-order chi connectivity index (χ0) is 28.0. The highest BCUT2D eigenvalue weighted by molar-refractivity contribution is 8.01. The van der Waals surface area contributed by atoms with Crippen molar-refractivity contribution in [1.29, 1.82) is 0 Å². The Hall–Kier alpha value is -3.29. The van der Waals surface area contributed by atoms with Crippen LogP contribution in [-0.2, 0) is 35.6 Å². The van der Waals surface area contributed by atoms with E-state index in [-0.39, 0.29) is 5.97 Å². The molecule has 2 aromatic carbocycles. The third kappa shape index (κ3) is 8.60. The molecule has 0 radical (unpaired) electrons. The Bertz CT molecular complexity index is 1340. The molecule has 0 aliphatic carbocycles. The molecule has 0 fully saturated rings. The molecule has 2 aromatic heterocycles. The number of thioether (sulfide) groups is 1. The van der Waals surface area contributed by atoms with Crippen molar-refractivity contribution in [2.75, 3.05) is 0 Å². The number of hydrogen-bond acceptors (Lipinski definition) is 7. The second-order valence-corrected chi connectivity index (χ2v) is 13.0. The van der Waals surface area contributed by atoms with E-state index < -0.39 is 10.3 Å². The van der Waals surface area contributed by atoms with Gasteiger partial charge in [0.25, 0.3) is 0 Å². The van der Waals surface area contributed by atoms with Crippen LogP contribution in [0.25, 0.3) is 0 Å². The van der Waals surface area contributed by atoms with Crippen molar-refractivity contribution in [2.45, 2.75) is 82.8 Å². The van der Waals surface area contributed by atoms with Gasteiger partial charge < -0.3 is 13.6 Å². The molecule has 7 heteroatoms. The summed E-state index contributed by atoms with van der Waals surface area (Å²) in [5, 5.41) is 0. The van der Waals surface area contributed by atoms with Crippen molar-refractivity contribution in [2.24, 2.45) is 0 Å². The summed E-state index contributed by atoms with van der Waals surface area (Å²) < 4.78 is 16.8. The molecule has 6 nitrogen and oxygen atoms in total. The van der Waals surface area contributed by atoms with Crippen molar-refractivity contribution in [1.82, 2.24) is 9.88 Å². The molecule has 206 valence electrons. The molecular weight excluding hydrogens is 508 g/mol. The van der Waals surface area contributed by atoms with Crippen LogP contribution >= 0.6 is 11.8 Å². The average Bonchev–Trinajstić information content (AvgIpc) is 3.49. The average molecular weight is 547 g/mol. The number of benzene rings is 2. The molecule has 4 rings (SSSR count). The number of carbonyl (C=O) groups excluding carboxylic acids is 1. The van der Waals surface area contributed by atoms with Gasteiger partial charge in [-0.25, -0.2) is 4.98 Å². The molecule has 0 spiro atoms. The van der Waals surface area contributed by atoms with Crippen LogP contribution in [0, 0.1) is 6.92 Å². The van der Waals surface area contributed by atoms with E-state index in [1.807, 2.05) is 71.9 Å². The lowest BCUT2D eigenvalue weighted by molar-refractivity contribution is -0.156. The molecule has 0 amide bonds. The van der Waals surface area contributed by atoms with Gasteiger partial charge in [-0.1, -0.05) is 42.5 Å². The fraction of sp³-hybridized carbons (Fsp3) is 0.375. The highest BCUT2D eigenvalue weighted by Crippen LogP contribution is 2.35. The van der Waals surface area contributed by atoms with Gasteiger partial charge in [0.15, 0.2) is 5.89 Å². The molecule has 0 bridgehead atoms. The summed E-state index contributed by atoms with van der Waals surface area (Å²) in [5.41, 5.74) is 2.72. The minimum atomic E-state index is -0.693. The van der Waals surface area contributed by atoms with E-state index in [1.165, 1.54) is 17.3 Å². The fourth-order valence-corrected chi connectivity index (χ4v) is 5.12. The molecule has 0 aliphatic rings. The van der Waals surface area contributed by atoms with Crippen molar-refractivity contribution in [3.05, 3.63) is 107 Å². The number of ether oxygens (including phenoxy) is 1. The van der Waals surface area contributed by atoms with Crippen LogP contribution in [0.1, 0.15) is 68.9 Å². The molecule has 2 heterocycles. The monoisotopic (exact) mass is 546 g/mol. The third-order valence-electron chi connectivity index (χ3n) is 6.05. The number of aromatic nitrogens is 1. The molecule has 0 atom stereocenters. The SMILES string of the molecule is Cc1nc(Cc2ccccc2)oc1CN(Cc1ccc(SC(C)(C)C(=O)OC(C)(C)C)cc1)Cc1ccco1. The smallest absolute Gasteiger partial charge is 0.322 e. The van der Waals surface area contributed by atoms with E-state index in [1.54, 1.807) is 6.26 Å². The van der Waals surface area contributed by atoms with Gasteiger partial charge in [0, 0.05) is 17.9 Å². The first-order valence-corrected chi connectivity index (χ1v) is 14.0. The molecule has 0 saturated heterocycles. The Balaban J connectivity index is 1.45. The minimum Gasteiger partial charge on any atom is -0.468 e. The summed E-state index contributed by atoms with van der Waals surface area (Å²) in [6.45, 7) is 13.4. The maximum Gasteiger partial charge on any atom is 0.322 e. The van der Waals surface area contributed by atoms with Gasteiger partial charge in [0.05, 0.1) is 25.0 Å². The van der Waals surface area contributed by atoms with Crippen LogP contribution in [0.5, 0.6) is 0 Å². The van der Waals surface area contributed by atoms with E-state index in [9.17, 15) is 4.79 Å². The lowest BCUT2D eigenvalue weighted by Gasteiger charge is -2.28. The van der Waals surface area contributed by atoms with Gasteiger partial charge in [-0.05, 0) is 76.9 Å². The minimum absolute atomic E-state index is 0.220. The Labute approximate surface area is 235 Å². The van der Waals surface area contributed by atoms with Gasteiger partial charge in [-0.2, -0.15) is 0 Å². The van der Waals surface area contributed by atoms with Crippen LogP contribution in [-0.4, -0.2) is 26.2 Å². The summed E-state index contributed by atoms with van der Waals surface area (Å²) in [4.78, 5) is 20.7. The molecule has 0 unspecified atom stereocenters. The summed E-state index contributed by atoms with van der Waals surface area (Å²) in [5.74, 6) is 2.25. The van der Waals surface area contributed by atoms with Gasteiger partial charge in [0.1, 0.15) is 21.9 Å². The predicted octanol–water partition coefficient (Wildman–Crippen LogP) is 7.58. The van der Waals surface area contributed by atoms with Crippen LogP contribution in [0.15, 0.2) is 86.7 Å². The number of rotatable bonds is 11. The number of oxazole rings is 1. The van der Waals surface area contributed by atoms with E-state index in [4.69, 9.17) is 13.6 Å². The highest BCUT2D eigenvalue weighted by Gasteiger charge is 2.33. The van der Waals surface area contributed by atoms with Crippen LogP contribution in [0.4, 0.5) is 0 Å². The standard InChI is InChI=1S/C32H38N2O4S/c1-23-28(37-29(33-23)19-24-11-8-7-9-12-24)22-34(21-26-13-10-18-36-26)20-25-14-16-27(17-15-25)39-32(5,6)30(35)38-31(2,3)4/h7-18H,19-22H2,1-6H3. The number of nitrogens with zero attached hydrogens (tertiary/aromatic N) is 2. The highest BCUT2D eigenvalue weighted by atomic mass is 32.2. The van der Waals surface area contributed by atoms with Crippen molar-refractivity contribution < 1.29 is 18.4 Å². The van der Waals surface area contributed by atoms with E-state index in [2.05, 4.69) is 46.3 Å². The van der Waals surface area contributed by atoms with Crippen LogP contribution < -0.4 is 0 Å². The second kappa shape index (κ2) is 12.3. The van der Waals surface area contributed by atoms with Gasteiger partial charge in [-0.3, -0.25) is 9.69 Å². The summed E-state index contributed by atoms with van der Waals surface area (Å²) in [7, 11) is 0. The number of carbonyl (C=O) groups is 1. The van der Waals surface area contributed by atoms with Crippen molar-refractivity contribution in [3.8, 4) is 0 Å². The maximum atomic E-state index is 12.7. The van der Waals surface area contributed by atoms with Crippen molar-refractivity contribution in [3.63, 3.8) is 0 Å². The Morgan fingerprint density at radius 2 is 1.62 bits per heavy atom. The first-order valence-electron chi connectivity index (χ1n) is 13.2. The predicted molar refractivity (Wildman–Crippen MR) is 154 cm³/mol. The molecule has 0 aliphatic heterocycles. The Morgan fingerprint density at radius 3 is 2.26 bits per heavy atom. The first kappa shape index (κ1) is 28.7. The first-order chi connectivity index (χ1) is 18.5. The summed E-state index contributed by atoms with van der Waals surface area (Å²) in [6, 6.07) is 22.5. The maximum absolute atomic E-state index is 12.7. The number of esters is 1. The van der Waals surface area contributed by atoms with Gasteiger partial charge in [0.2, 0.25) is 0 Å². The molecular formula is C32H38N2O4S. The molecule has 0 saturated carbocycles. The molecule has 0 N–H and O–H groups in total. The van der Waals surface area contributed by atoms with E-state index in [0.717, 1.165) is 33.6 Å². The molecule has 39 heavy (non-hydrogen) atoms. The van der Waals surface area contributed by atoms with E-state index in [0.29, 0.717) is 26.1 Å². The topological polar surface area (TPSA) is 68.7 Å². The second-order valence-electron chi connectivity index (χ2n) is 11.3. The van der Waals surface area contributed by atoms with Crippen LogP contribution in [0.2, 0.25) is 0 Å². The molecule has 4 aromatic rings. The largest absolute Gasteiger partial charge is 0.468 e. The normalized spacial score (nSPS) is 12.2. The Morgan fingerprint density at radius 1 is 0.897 bits per heavy atom. The van der Waals surface area contributed by atoms with Gasteiger partial charge in [-0.15, -0.1) is 11.8 Å². The fourth-order valence-electron chi connectivity index (χ4n) is 4.13. The number of furan rings is 1. The zero-order valence-electron chi connectivity index (χ0n) is 23.7. The lowest BCUT2D eigenvalue weighted by atomic mass is 10.1. The van der Waals surface area contributed by atoms with Crippen LogP contribution in [0.3, 0.4) is 0 Å². The number of aryl methyl sites for hydroxylation is 1. The van der Waals surface area contributed by atoms with Gasteiger partial charge >= 0.3 is 5.97 Å². The van der Waals surface area contributed by atoms with E-state index >= 15 is 0 Å². The van der Waals surface area contributed by atoms with Crippen molar-refractivity contribution >= 4 is 17.7 Å².